The van der Waals surface area contributed by atoms with E-state index in [9.17, 15) is 21.6 Å². The number of nitrogens with zero attached hydrogens (tertiary/aromatic N) is 3. The van der Waals surface area contributed by atoms with Crippen LogP contribution in [0.25, 0.3) is 0 Å². The number of benzene rings is 1. The highest BCUT2D eigenvalue weighted by molar-refractivity contribution is 7.92. The van der Waals surface area contributed by atoms with Gasteiger partial charge in [-0.2, -0.15) is 4.98 Å². The van der Waals surface area contributed by atoms with Crippen molar-refractivity contribution in [2.24, 2.45) is 0 Å². The minimum Gasteiger partial charge on any atom is -0.246 e. The molecule has 0 saturated heterocycles. The molecule has 4 atom stereocenters. The fourth-order valence-corrected chi connectivity index (χ4v) is 4.40. The highest BCUT2D eigenvalue weighted by atomic mass is 32.2. The van der Waals surface area contributed by atoms with Crippen LogP contribution >= 0.6 is 0 Å². The molecule has 0 bridgehead atoms. The average molecular weight is 343 g/mol. The minimum absolute atomic E-state index is 0.0637. The quantitative estimate of drug-likeness (QED) is 0.858. The average Bonchev–Trinajstić information content (AvgIpc) is 2.96. The lowest BCUT2D eigenvalue weighted by molar-refractivity contribution is 0.325. The molecule has 0 unspecified atom stereocenters. The molecule has 1 aromatic carbocycles. The molecule has 0 spiro atoms. The Bertz CT molecular complexity index is 883. The first-order valence-corrected chi connectivity index (χ1v) is 8.67. The van der Waals surface area contributed by atoms with Gasteiger partial charge in [-0.1, -0.05) is 18.2 Å². The lowest BCUT2D eigenvalue weighted by Gasteiger charge is -2.12. The van der Waals surface area contributed by atoms with E-state index in [4.69, 9.17) is 0 Å². The van der Waals surface area contributed by atoms with E-state index < -0.39 is 44.4 Å². The molecule has 122 valence electrons. The Kier molecular flexibility index (Phi) is 3.06. The van der Waals surface area contributed by atoms with Crippen molar-refractivity contribution in [1.29, 1.82) is 0 Å². The van der Waals surface area contributed by atoms with Gasteiger partial charge in [0, 0.05) is 12.0 Å². The zero-order valence-corrected chi connectivity index (χ0v) is 12.5. The molecule has 9 heteroatoms. The van der Waals surface area contributed by atoms with Crippen LogP contribution in [0.2, 0.25) is 0 Å². The van der Waals surface area contributed by atoms with E-state index in [0.717, 1.165) is 4.68 Å². The van der Waals surface area contributed by atoms with Crippen LogP contribution in [-0.2, 0) is 9.84 Å². The number of rotatable bonds is 3. The monoisotopic (exact) mass is 343 g/mol. The molecule has 2 heterocycles. The molecule has 1 fully saturated rings. The first-order chi connectivity index (χ1) is 10.9. The zero-order valence-electron chi connectivity index (χ0n) is 11.7. The molecule has 1 aromatic heterocycles. The summed E-state index contributed by atoms with van der Waals surface area (Å²) in [5.41, 5.74) is 0.220. The molecule has 1 aliphatic heterocycles. The summed E-state index contributed by atoms with van der Waals surface area (Å²) in [6, 6.07) is 5.09. The van der Waals surface area contributed by atoms with Gasteiger partial charge in [0.1, 0.15) is 17.2 Å². The Hall–Kier alpha value is -1.90. The lowest BCUT2D eigenvalue weighted by atomic mass is 10.0. The summed E-state index contributed by atoms with van der Waals surface area (Å²) in [7, 11) is -4.01. The number of alkyl halides is 2. The van der Waals surface area contributed by atoms with E-state index in [0.29, 0.717) is 0 Å². The number of sulfone groups is 1. The van der Waals surface area contributed by atoms with Crippen molar-refractivity contribution in [1.82, 2.24) is 14.8 Å². The van der Waals surface area contributed by atoms with Crippen molar-refractivity contribution < 1.29 is 21.6 Å². The predicted molar refractivity (Wildman–Crippen MR) is 73.5 cm³/mol. The van der Waals surface area contributed by atoms with Gasteiger partial charge in [-0.3, -0.25) is 0 Å². The Labute approximate surface area is 130 Å². The van der Waals surface area contributed by atoms with Crippen LogP contribution in [0.4, 0.5) is 13.2 Å². The molecule has 23 heavy (non-hydrogen) atoms. The van der Waals surface area contributed by atoms with Gasteiger partial charge in [-0.25, -0.2) is 26.3 Å². The minimum atomic E-state index is -4.01. The van der Waals surface area contributed by atoms with Gasteiger partial charge in [-0.15, -0.1) is 5.10 Å². The Morgan fingerprint density at radius 2 is 1.87 bits per heavy atom. The normalized spacial score (nSPS) is 29.5. The van der Waals surface area contributed by atoms with Crippen LogP contribution in [0, 0.1) is 5.82 Å². The third kappa shape index (κ3) is 2.17. The van der Waals surface area contributed by atoms with Crippen LogP contribution in [0.5, 0.6) is 0 Å². The van der Waals surface area contributed by atoms with Crippen molar-refractivity contribution in [2.75, 3.05) is 0 Å². The molecule has 1 saturated carbocycles. The third-order valence-electron chi connectivity index (χ3n) is 4.22. The van der Waals surface area contributed by atoms with Crippen molar-refractivity contribution in [2.45, 2.75) is 41.6 Å². The third-order valence-corrected chi connectivity index (χ3v) is 6.19. The molecular formula is C14H12F3N3O2S. The Balaban J connectivity index is 1.77. The van der Waals surface area contributed by atoms with Gasteiger partial charge >= 0.3 is 0 Å². The number of aromatic nitrogens is 3. The molecule has 5 nitrogen and oxygen atoms in total. The SMILES string of the molecule is O=S(=O)(c1nc2n(n1)[C@H](c1ccccc1F)C[C@@H]2F)[C@H]1C[C@@H]1F. The van der Waals surface area contributed by atoms with Crippen molar-refractivity contribution in [3.05, 3.63) is 41.5 Å². The van der Waals surface area contributed by atoms with Crippen molar-refractivity contribution in [3.63, 3.8) is 0 Å². The molecule has 2 aromatic rings. The molecule has 4 rings (SSSR count). The largest absolute Gasteiger partial charge is 0.267 e. The van der Waals surface area contributed by atoms with Crippen LogP contribution in [0.3, 0.4) is 0 Å². The number of halogens is 3. The molecule has 0 radical (unpaired) electrons. The van der Waals surface area contributed by atoms with Gasteiger partial charge in [-0.05, 0) is 12.5 Å². The van der Waals surface area contributed by atoms with Gasteiger partial charge in [0.25, 0.3) is 5.16 Å². The highest BCUT2D eigenvalue weighted by Crippen LogP contribution is 2.42. The summed E-state index contributed by atoms with van der Waals surface area (Å²) in [5, 5.41) is 2.11. The lowest BCUT2D eigenvalue weighted by Crippen LogP contribution is -2.14. The van der Waals surface area contributed by atoms with Gasteiger partial charge in [0.05, 0.1) is 6.04 Å². The zero-order chi connectivity index (χ0) is 16.4. The van der Waals surface area contributed by atoms with E-state index in [2.05, 4.69) is 10.1 Å². The summed E-state index contributed by atoms with van der Waals surface area (Å²) in [6.07, 6.45) is -3.13. The van der Waals surface area contributed by atoms with E-state index in [-0.39, 0.29) is 24.2 Å². The maximum Gasteiger partial charge on any atom is 0.267 e. The maximum absolute atomic E-state index is 14.2. The van der Waals surface area contributed by atoms with Gasteiger partial charge in [0.2, 0.25) is 9.84 Å². The second-order valence-corrected chi connectivity index (χ2v) is 7.83. The predicted octanol–water partition coefficient (Wildman–Crippen LogP) is 2.31. The molecule has 2 aliphatic rings. The Morgan fingerprint density at radius 1 is 1.17 bits per heavy atom. The fraction of sp³-hybridized carbons (Fsp3) is 0.429. The first kappa shape index (κ1) is 14.7. The van der Waals surface area contributed by atoms with Gasteiger partial charge < -0.3 is 0 Å². The van der Waals surface area contributed by atoms with E-state index in [1.54, 1.807) is 6.07 Å². The van der Waals surface area contributed by atoms with E-state index in [1.807, 2.05) is 0 Å². The molecular weight excluding hydrogens is 331 g/mol. The maximum atomic E-state index is 14.2. The fourth-order valence-electron chi connectivity index (χ4n) is 2.88. The van der Waals surface area contributed by atoms with Gasteiger partial charge in [0.15, 0.2) is 12.0 Å². The first-order valence-electron chi connectivity index (χ1n) is 7.12. The standard InChI is InChI=1S/C14H12F3N3O2S/c15-8-4-2-1-3-7(8)11-5-10(17)13-18-14(19-20(11)13)23(21,22)12-6-9(12)16/h1-4,9-12H,5-6H2/t9-,10-,11-,12-/m0/s1. The summed E-state index contributed by atoms with van der Waals surface area (Å²) < 4.78 is 66.6. The smallest absolute Gasteiger partial charge is 0.246 e. The molecule has 1 aliphatic carbocycles. The summed E-state index contributed by atoms with van der Waals surface area (Å²) in [5.74, 6) is -0.684. The van der Waals surface area contributed by atoms with Crippen LogP contribution in [0.15, 0.2) is 29.4 Å². The summed E-state index contributed by atoms with van der Waals surface area (Å²) >= 11 is 0. The van der Waals surface area contributed by atoms with Crippen molar-refractivity contribution >= 4 is 9.84 Å². The van der Waals surface area contributed by atoms with E-state index in [1.165, 1.54) is 18.2 Å². The Morgan fingerprint density at radius 3 is 2.52 bits per heavy atom. The summed E-state index contributed by atoms with van der Waals surface area (Å²) in [6.45, 7) is 0. The van der Waals surface area contributed by atoms with Crippen LogP contribution in [0.1, 0.15) is 36.4 Å². The molecule has 0 amide bonds. The van der Waals surface area contributed by atoms with Crippen LogP contribution in [-0.4, -0.2) is 34.6 Å². The highest BCUT2D eigenvalue weighted by Gasteiger charge is 2.51. The second kappa shape index (κ2) is 4.80. The summed E-state index contributed by atoms with van der Waals surface area (Å²) in [4.78, 5) is 3.74. The van der Waals surface area contributed by atoms with Crippen molar-refractivity contribution in [3.8, 4) is 0 Å². The number of hydrogen-bond acceptors (Lipinski definition) is 4. The van der Waals surface area contributed by atoms with Crippen LogP contribution < -0.4 is 0 Å². The van der Waals surface area contributed by atoms with E-state index >= 15 is 0 Å². The topological polar surface area (TPSA) is 64.8 Å². The molecule has 0 N–H and O–H groups in total. The number of fused-ring (bicyclic) bond motifs is 1. The second-order valence-electron chi connectivity index (χ2n) is 5.77. The number of hydrogen-bond donors (Lipinski definition) is 0.